The second kappa shape index (κ2) is 5.45. The van der Waals surface area contributed by atoms with Gasteiger partial charge in [-0.05, 0) is 18.2 Å². The maximum absolute atomic E-state index is 12.9. The summed E-state index contributed by atoms with van der Waals surface area (Å²) in [6, 6.07) is 2.53. The van der Waals surface area contributed by atoms with E-state index in [1.54, 1.807) is 0 Å². The number of fused-ring (bicyclic) bond motifs is 1. The average molecular weight is 325 g/mol. The zero-order chi connectivity index (χ0) is 15.8. The van der Waals surface area contributed by atoms with E-state index in [0.717, 1.165) is 6.08 Å². The molecule has 1 unspecified atom stereocenters. The van der Waals surface area contributed by atoms with Gasteiger partial charge < -0.3 is 19.7 Å². The number of carboxylic acid groups (broad SMARTS) is 1. The minimum Gasteiger partial charge on any atom is -0.472 e. The van der Waals surface area contributed by atoms with Crippen LogP contribution >= 0.6 is 11.6 Å². The second-order valence-electron chi connectivity index (χ2n) is 4.10. The Morgan fingerprint density at radius 1 is 1.43 bits per heavy atom. The molecule has 0 saturated heterocycles. The Morgan fingerprint density at radius 3 is 2.62 bits per heavy atom. The normalized spacial score (nSPS) is 17.6. The maximum atomic E-state index is 12.9. The lowest BCUT2D eigenvalue weighted by Gasteiger charge is -2.28. The Bertz CT molecular complexity index is 612. The summed E-state index contributed by atoms with van der Waals surface area (Å²) in [6.45, 7) is -0.587. The molecule has 1 atom stereocenters. The van der Waals surface area contributed by atoms with Crippen LogP contribution in [0.3, 0.4) is 0 Å². The molecule has 21 heavy (non-hydrogen) atoms. The summed E-state index contributed by atoms with van der Waals surface area (Å²) < 4.78 is 47.7. The first-order valence-electron chi connectivity index (χ1n) is 5.51. The van der Waals surface area contributed by atoms with Crippen LogP contribution < -0.4 is 4.74 Å². The molecule has 1 aromatic rings. The van der Waals surface area contributed by atoms with Gasteiger partial charge in [0.15, 0.2) is 5.76 Å². The number of halogens is 4. The molecule has 2 rings (SSSR count). The lowest BCUT2D eigenvalue weighted by Crippen LogP contribution is -2.39. The Kier molecular flexibility index (Phi) is 4.02. The molecule has 0 fully saturated rings. The van der Waals surface area contributed by atoms with Gasteiger partial charge in [-0.2, -0.15) is 13.2 Å². The van der Waals surface area contributed by atoms with E-state index in [1.807, 2.05) is 0 Å². The highest BCUT2D eigenvalue weighted by molar-refractivity contribution is 6.30. The Labute approximate surface area is 121 Å². The van der Waals surface area contributed by atoms with E-state index in [2.05, 4.69) is 4.74 Å². The number of rotatable bonds is 2. The minimum absolute atomic E-state index is 0.0531. The predicted octanol–water partition coefficient (Wildman–Crippen LogP) is 3.19. The maximum Gasteiger partial charge on any atom is 0.511 e. The van der Waals surface area contributed by atoms with Crippen molar-refractivity contribution in [2.75, 3.05) is 0 Å². The van der Waals surface area contributed by atoms with Gasteiger partial charge in [-0.25, -0.2) is 4.79 Å². The van der Waals surface area contributed by atoms with Crippen LogP contribution in [0.5, 0.6) is 5.75 Å². The molecular formula is C12H8ClF3O5. The molecule has 5 nitrogen and oxygen atoms in total. The molecule has 0 saturated carbocycles. The number of ether oxygens (including phenoxy) is 2. The van der Waals surface area contributed by atoms with Crippen LogP contribution in [0.2, 0.25) is 5.02 Å². The van der Waals surface area contributed by atoms with Crippen LogP contribution in [0, 0.1) is 0 Å². The van der Waals surface area contributed by atoms with Gasteiger partial charge in [-0.15, -0.1) is 0 Å². The Hall–Kier alpha value is -1.93. The van der Waals surface area contributed by atoms with Crippen molar-refractivity contribution >= 4 is 23.8 Å². The van der Waals surface area contributed by atoms with E-state index in [1.165, 1.54) is 12.1 Å². The highest BCUT2D eigenvalue weighted by Gasteiger charge is 2.48. The number of benzene rings is 1. The van der Waals surface area contributed by atoms with Crippen LogP contribution in [0.1, 0.15) is 11.1 Å². The number of aliphatic hydroxyl groups is 1. The Balaban J connectivity index is 2.56. The van der Waals surface area contributed by atoms with E-state index >= 15 is 0 Å². The van der Waals surface area contributed by atoms with Gasteiger partial charge in [0.1, 0.15) is 5.75 Å². The summed E-state index contributed by atoms with van der Waals surface area (Å²) in [5, 5.41) is 17.8. The fraction of sp³-hybridized carbons (Fsp3) is 0.250. The lowest BCUT2D eigenvalue weighted by molar-refractivity contribution is -0.192. The van der Waals surface area contributed by atoms with E-state index < -0.39 is 30.8 Å². The number of aliphatic hydroxyl groups excluding tert-OH is 1. The van der Waals surface area contributed by atoms with Gasteiger partial charge in [0.2, 0.25) is 0 Å². The minimum atomic E-state index is -4.88. The third-order valence-corrected chi connectivity index (χ3v) is 2.84. The largest absolute Gasteiger partial charge is 0.511 e. The molecule has 2 N–H and O–H groups in total. The molecule has 1 aliphatic heterocycles. The lowest BCUT2D eigenvalue weighted by atomic mass is 10.0. The summed E-state index contributed by atoms with van der Waals surface area (Å²) in [7, 11) is 0. The topological polar surface area (TPSA) is 76.0 Å². The van der Waals surface area contributed by atoms with Gasteiger partial charge in [0, 0.05) is 16.1 Å². The van der Waals surface area contributed by atoms with Crippen molar-refractivity contribution in [3.63, 3.8) is 0 Å². The van der Waals surface area contributed by atoms with Gasteiger partial charge in [0.25, 0.3) is 6.10 Å². The van der Waals surface area contributed by atoms with Crippen molar-refractivity contribution < 1.29 is 37.7 Å². The van der Waals surface area contributed by atoms with E-state index in [-0.39, 0.29) is 21.9 Å². The number of carbonyl (C=O) groups is 1. The number of alkyl halides is 3. The summed E-state index contributed by atoms with van der Waals surface area (Å²) in [6.07, 6.45) is -8.49. The van der Waals surface area contributed by atoms with E-state index in [9.17, 15) is 18.0 Å². The molecule has 0 aromatic heterocycles. The molecular weight excluding hydrogens is 317 g/mol. The molecule has 0 spiro atoms. The molecule has 0 bridgehead atoms. The fourth-order valence-corrected chi connectivity index (χ4v) is 2.11. The third kappa shape index (κ3) is 3.22. The van der Waals surface area contributed by atoms with E-state index in [0.29, 0.717) is 0 Å². The van der Waals surface area contributed by atoms with Crippen LogP contribution in [0.15, 0.2) is 17.9 Å². The SMILES string of the molecule is O=C(O)OC1=Cc2cc(Cl)cc(CO)c2OC1C(F)(F)F. The number of hydrogen-bond acceptors (Lipinski definition) is 4. The smallest absolute Gasteiger partial charge is 0.472 e. The van der Waals surface area contributed by atoms with Gasteiger partial charge in [0.05, 0.1) is 6.61 Å². The summed E-state index contributed by atoms with van der Waals surface area (Å²) in [5.41, 5.74) is 0.140. The summed E-state index contributed by atoms with van der Waals surface area (Å²) in [4.78, 5) is 10.5. The van der Waals surface area contributed by atoms with Crippen molar-refractivity contribution in [1.29, 1.82) is 0 Å². The third-order valence-electron chi connectivity index (χ3n) is 2.62. The first kappa shape index (κ1) is 15.5. The van der Waals surface area contributed by atoms with Crippen LogP contribution in [-0.2, 0) is 11.3 Å². The summed E-state index contributed by atoms with van der Waals surface area (Å²) >= 11 is 5.77. The van der Waals surface area contributed by atoms with Crippen molar-refractivity contribution in [3.8, 4) is 5.75 Å². The first-order chi connectivity index (χ1) is 9.72. The van der Waals surface area contributed by atoms with Crippen LogP contribution in [0.4, 0.5) is 18.0 Å². The van der Waals surface area contributed by atoms with Gasteiger partial charge in [-0.1, -0.05) is 11.6 Å². The Morgan fingerprint density at radius 2 is 2.10 bits per heavy atom. The molecule has 1 aromatic carbocycles. The summed E-state index contributed by atoms with van der Waals surface area (Å²) in [5.74, 6) is -1.14. The van der Waals surface area contributed by atoms with Gasteiger partial charge in [-0.3, -0.25) is 0 Å². The molecule has 1 heterocycles. The van der Waals surface area contributed by atoms with Crippen LogP contribution in [-0.4, -0.2) is 28.6 Å². The zero-order valence-electron chi connectivity index (χ0n) is 10.1. The second-order valence-corrected chi connectivity index (χ2v) is 4.53. The standard InChI is InChI=1S/C12H8ClF3O5/c13-7-1-5-3-8(20-11(18)19)10(12(14,15)16)21-9(5)6(2-7)4-17/h1-3,10,17H,4H2,(H,18,19). The fourth-order valence-electron chi connectivity index (χ4n) is 1.86. The van der Waals surface area contributed by atoms with Crippen molar-refractivity contribution in [1.82, 2.24) is 0 Å². The highest BCUT2D eigenvalue weighted by Crippen LogP contribution is 2.40. The highest BCUT2D eigenvalue weighted by atomic mass is 35.5. The molecule has 0 radical (unpaired) electrons. The molecule has 0 amide bonds. The molecule has 0 aliphatic carbocycles. The number of hydrogen-bond donors (Lipinski definition) is 2. The average Bonchev–Trinajstić information content (AvgIpc) is 2.34. The van der Waals surface area contributed by atoms with E-state index in [4.69, 9.17) is 26.6 Å². The predicted molar refractivity (Wildman–Crippen MR) is 64.9 cm³/mol. The van der Waals surface area contributed by atoms with Crippen molar-refractivity contribution in [2.24, 2.45) is 0 Å². The van der Waals surface area contributed by atoms with Gasteiger partial charge >= 0.3 is 12.3 Å². The van der Waals surface area contributed by atoms with Crippen molar-refractivity contribution in [3.05, 3.63) is 34.0 Å². The quantitative estimate of drug-likeness (QED) is 0.817. The molecule has 9 heteroatoms. The zero-order valence-corrected chi connectivity index (χ0v) is 10.9. The van der Waals surface area contributed by atoms with Crippen molar-refractivity contribution in [2.45, 2.75) is 18.9 Å². The first-order valence-corrected chi connectivity index (χ1v) is 5.89. The monoisotopic (exact) mass is 324 g/mol. The van der Waals surface area contributed by atoms with Crippen LogP contribution in [0.25, 0.3) is 6.08 Å². The molecule has 1 aliphatic rings. The molecule has 114 valence electrons.